The number of benzene rings is 1. The number of hydrogen-bond acceptors (Lipinski definition) is 5. The smallest absolute Gasteiger partial charge is 0.258 e. The van der Waals surface area contributed by atoms with Crippen LogP contribution in [0.4, 0.5) is 5.95 Å². The van der Waals surface area contributed by atoms with Crippen molar-refractivity contribution in [1.29, 1.82) is 5.26 Å². The normalized spacial score (nSPS) is 9.65. The van der Waals surface area contributed by atoms with Gasteiger partial charge in [0, 0.05) is 17.3 Å². The fraction of sp³-hybridized carbons (Fsp3) is 0.143. The Hall–Kier alpha value is -2.94. The van der Waals surface area contributed by atoms with Crippen LogP contribution in [0.1, 0.15) is 21.6 Å². The van der Waals surface area contributed by atoms with Crippen molar-refractivity contribution in [1.82, 2.24) is 9.97 Å². The third-order valence-electron chi connectivity index (χ3n) is 2.52. The van der Waals surface area contributed by atoms with Crippen molar-refractivity contribution in [2.75, 3.05) is 12.4 Å². The van der Waals surface area contributed by atoms with E-state index >= 15 is 0 Å². The van der Waals surface area contributed by atoms with E-state index in [1.165, 1.54) is 13.2 Å². The minimum atomic E-state index is -0.380. The third kappa shape index (κ3) is 3.09. The number of ether oxygens (including phenoxy) is 1. The number of aryl methyl sites for hydroxylation is 1. The van der Waals surface area contributed by atoms with E-state index in [0.29, 0.717) is 22.7 Å². The summed E-state index contributed by atoms with van der Waals surface area (Å²) in [5.74, 6) is 0.155. The van der Waals surface area contributed by atoms with Crippen molar-refractivity contribution in [2.45, 2.75) is 6.92 Å². The van der Waals surface area contributed by atoms with Crippen molar-refractivity contribution >= 4 is 11.9 Å². The van der Waals surface area contributed by atoms with E-state index in [1.807, 2.05) is 6.07 Å². The molecule has 1 aromatic heterocycles. The van der Waals surface area contributed by atoms with Gasteiger partial charge in [0.25, 0.3) is 5.91 Å². The van der Waals surface area contributed by atoms with Gasteiger partial charge in [0.2, 0.25) is 11.8 Å². The predicted octanol–water partition coefficient (Wildman–Crippen LogP) is 1.92. The quantitative estimate of drug-likeness (QED) is 0.918. The van der Waals surface area contributed by atoms with Crippen LogP contribution in [0.25, 0.3) is 0 Å². The van der Waals surface area contributed by atoms with Gasteiger partial charge in [-0.25, -0.2) is 4.98 Å². The zero-order valence-electron chi connectivity index (χ0n) is 11.0. The second kappa shape index (κ2) is 5.80. The van der Waals surface area contributed by atoms with Crippen molar-refractivity contribution in [3.8, 4) is 11.9 Å². The van der Waals surface area contributed by atoms with Gasteiger partial charge in [0.05, 0.1) is 18.7 Å². The Kier molecular flexibility index (Phi) is 3.91. The molecule has 0 bridgehead atoms. The summed E-state index contributed by atoms with van der Waals surface area (Å²) >= 11 is 0. The van der Waals surface area contributed by atoms with Gasteiger partial charge in [0.15, 0.2) is 0 Å². The lowest BCUT2D eigenvalue weighted by atomic mass is 10.1. The number of aromatic nitrogens is 2. The van der Waals surface area contributed by atoms with Gasteiger partial charge in [-0.1, -0.05) is 6.07 Å². The maximum atomic E-state index is 12.1. The molecule has 0 atom stereocenters. The predicted molar refractivity (Wildman–Crippen MR) is 72.4 cm³/mol. The number of methoxy groups -OCH3 is 1. The molecule has 2 rings (SSSR count). The van der Waals surface area contributed by atoms with Gasteiger partial charge in [-0.15, -0.1) is 0 Å². The number of amides is 1. The first kappa shape index (κ1) is 13.5. The van der Waals surface area contributed by atoms with Crippen molar-refractivity contribution in [3.05, 3.63) is 47.2 Å². The average molecular weight is 268 g/mol. The number of nitrogens with zero attached hydrogens (tertiary/aromatic N) is 3. The van der Waals surface area contributed by atoms with Gasteiger partial charge in [-0.2, -0.15) is 10.2 Å². The van der Waals surface area contributed by atoms with Crippen molar-refractivity contribution in [3.63, 3.8) is 0 Å². The van der Waals surface area contributed by atoms with Crippen LogP contribution in [0.3, 0.4) is 0 Å². The molecule has 0 saturated heterocycles. The number of nitrogens with one attached hydrogen (secondary N) is 1. The molecule has 0 unspecified atom stereocenters. The molecule has 0 radical (unpaired) electrons. The molecule has 0 fully saturated rings. The molecule has 1 N–H and O–H groups in total. The number of anilines is 1. The number of rotatable bonds is 3. The summed E-state index contributed by atoms with van der Waals surface area (Å²) in [6.07, 6.45) is 0. The third-order valence-corrected chi connectivity index (χ3v) is 2.52. The van der Waals surface area contributed by atoms with Gasteiger partial charge in [0.1, 0.15) is 0 Å². The van der Waals surface area contributed by atoms with Crippen LogP contribution < -0.4 is 10.1 Å². The molecule has 100 valence electrons. The molecule has 6 heteroatoms. The molecule has 1 aromatic carbocycles. The summed E-state index contributed by atoms with van der Waals surface area (Å²) in [5.41, 5.74) is 1.46. The standard InChI is InChI=1S/C14H12N4O2/c1-9-6-12(20-2)17-14(16-9)18-13(19)11-5-3-4-10(7-11)8-15/h3-7H,1-2H3,(H,16,17,18,19). The van der Waals surface area contributed by atoms with Gasteiger partial charge in [-0.05, 0) is 25.1 Å². The fourth-order valence-electron chi connectivity index (χ4n) is 1.60. The highest BCUT2D eigenvalue weighted by Crippen LogP contribution is 2.12. The summed E-state index contributed by atoms with van der Waals surface area (Å²) in [6.45, 7) is 1.77. The van der Waals surface area contributed by atoms with E-state index in [1.54, 1.807) is 31.2 Å². The Balaban J connectivity index is 2.23. The molecular weight excluding hydrogens is 256 g/mol. The molecule has 20 heavy (non-hydrogen) atoms. The number of nitriles is 1. The van der Waals surface area contributed by atoms with Crippen molar-refractivity contribution < 1.29 is 9.53 Å². The van der Waals surface area contributed by atoms with Crippen molar-refractivity contribution in [2.24, 2.45) is 0 Å². The molecule has 0 aliphatic heterocycles. The van der Waals surface area contributed by atoms with Gasteiger partial charge >= 0.3 is 0 Å². The maximum absolute atomic E-state index is 12.1. The lowest BCUT2D eigenvalue weighted by Crippen LogP contribution is -2.15. The SMILES string of the molecule is COc1cc(C)nc(NC(=O)c2cccc(C#N)c2)n1. The molecule has 0 saturated carbocycles. The first-order valence-corrected chi connectivity index (χ1v) is 5.83. The Morgan fingerprint density at radius 1 is 1.35 bits per heavy atom. The van der Waals surface area contributed by atoms with E-state index in [4.69, 9.17) is 10.00 Å². The Morgan fingerprint density at radius 3 is 2.85 bits per heavy atom. The van der Waals surface area contributed by atoms with Gasteiger partial charge in [-0.3, -0.25) is 10.1 Å². The highest BCUT2D eigenvalue weighted by atomic mass is 16.5. The van der Waals surface area contributed by atoms with Crippen LogP contribution in [-0.2, 0) is 0 Å². The summed E-state index contributed by atoms with van der Waals surface area (Å²) < 4.78 is 5.01. The monoisotopic (exact) mass is 268 g/mol. The first-order chi connectivity index (χ1) is 9.62. The highest BCUT2D eigenvalue weighted by molar-refractivity contribution is 6.03. The summed E-state index contributed by atoms with van der Waals surface area (Å²) in [4.78, 5) is 20.2. The van der Waals surface area contributed by atoms with Crippen LogP contribution in [-0.4, -0.2) is 23.0 Å². The minimum absolute atomic E-state index is 0.161. The van der Waals surface area contributed by atoms with E-state index < -0.39 is 0 Å². The zero-order chi connectivity index (χ0) is 14.5. The van der Waals surface area contributed by atoms with E-state index in [-0.39, 0.29) is 11.9 Å². The van der Waals surface area contributed by atoms with Crippen LogP contribution in [0.15, 0.2) is 30.3 Å². The Bertz CT molecular complexity index is 692. The average Bonchev–Trinajstić information content (AvgIpc) is 2.46. The van der Waals surface area contributed by atoms with Crippen LogP contribution in [0, 0.1) is 18.3 Å². The maximum Gasteiger partial charge on any atom is 0.258 e. The summed E-state index contributed by atoms with van der Waals surface area (Å²) in [5, 5.41) is 11.4. The molecule has 1 amide bonds. The highest BCUT2D eigenvalue weighted by Gasteiger charge is 2.10. The second-order valence-electron chi connectivity index (χ2n) is 4.02. The zero-order valence-corrected chi connectivity index (χ0v) is 11.0. The Labute approximate surface area is 116 Å². The number of carbonyl (C=O) groups excluding carboxylic acids is 1. The van der Waals surface area contributed by atoms with Crippen LogP contribution in [0.2, 0.25) is 0 Å². The molecular formula is C14H12N4O2. The lowest BCUT2D eigenvalue weighted by molar-refractivity contribution is 0.102. The molecule has 0 aliphatic rings. The van der Waals surface area contributed by atoms with E-state index in [2.05, 4.69) is 15.3 Å². The number of hydrogen-bond donors (Lipinski definition) is 1. The summed E-state index contributed by atoms with van der Waals surface area (Å²) in [6, 6.07) is 10.0. The largest absolute Gasteiger partial charge is 0.481 e. The second-order valence-corrected chi connectivity index (χ2v) is 4.02. The molecule has 6 nitrogen and oxygen atoms in total. The fourth-order valence-corrected chi connectivity index (χ4v) is 1.60. The van der Waals surface area contributed by atoms with Gasteiger partial charge < -0.3 is 4.74 Å². The van der Waals surface area contributed by atoms with Crippen LogP contribution >= 0.6 is 0 Å². The van der Waals surface area contributed by atoms with E-state index in [0.717, 1.165) is 0 Å². The minimum Gasteiger partial charge on any atom is -0.481 e. The van der Waals surface area contributed by atoms with Crippen LogP contribution in [0.5, 0.6) is 5.88 Å². The molecule has 2 aromatic rings. The number of carbonyl (C=O) groups is 1. The lowest BCUT2D eigenvalue weighted by Gasteiger charge is -2.06. The molecule has 0 spiro atoms. The topological polar surface area (TPSA) is 87.9 Å². The summed E-state index contributed by atoms with van der Waals surface area (Å²) in [7, 11) is 1.49. The van der Waals surface area contributed by atoms with E-state index in [9.17, 15) is 4.79 Å². The molecule has 0 aliphatic carbocycles. The first-order valence-electron chi connectivity index (χ1n) is 5.83. The Morgan fingerprint density at radius 2 is 2.15 bits per heavy atom. The molecule has 1 heterocycles.